The van der Waals surface area contributed by atoms with Crippen LogP contribution in [0.3, 0.4) is 0 Å². The van der Waals surface area contributed by atoms with E-state index < -0.39 is 11.4 Å². The van der Waals surface area contributed by atoms with Crippen LogP contribution in [-0.2, 0) is 4.79 Å². The van der Waals surface area contributed by atoms with Gasteiger partial charge in [0.2, 0.25) is 0 Å². The molecular formula is C15H27N3O3. The molecule has 0 bridgehead atoms. The van der Waals surface area contributed by atoms with Gasteiger partial charge in [-0.1, -0.05) is 0 Å². The van der Waals surface area contributed by atoms with Crippen LogP contribution in [0.4, 0.5) is 4.79 Å². The van der Waals surface area contributed by atoms with E-state index in [9.17, 15) is 14.7 Å². The molecule has 2 amide bonds. The molecule has 2 aliphatic heterocycles. The van der Waals surface area contributed by atoms with Crippen molar-refractivity contribution in [3.05, 3.63) is 0 Å². The third-order valence-electron chi connectivity index (χ3n) is 4.98. The molecule has 2 fully saturated rings. The lowest BCUT2D eigenvalue weighted by molar-refractivity contribution is -0.150. The van der Waals surface area contributed by atoms with Crippen molar-refractivity contribution < 1.29 is 14.7 Å². The standard InChI is InChI=1S/C15H27N3O3/c1-12(17-7-3-4-8-17)11-16-14(21)18-9-5-15(2,6-10-18)13(19)20/h12H,3-11H2,1-2H3,(H,16,21)(H,19,20). The Morgan fingerprint density at radius 3 is 2.29 bits per heavy atom. The van der Waals surface area contributed by atoms with Gasteiger partial charge in [-0.2, -0.15) is 0 Å². The number of aliphatic carboxylic acids is 1. The molecule has 1 atom stereocenters. The Bertz CT molecular complexity index is 386. The molecule has 1 unspecified atom stereocenters. The van der Waals surface area contributed by atoms with Crippen LogP contribution in [0.5, 0.6) is 0 Å². The summed E-state index contributed by atoms with van der Waals surface area (Å²) in [6.07, 6.45) is 3.55. The summed E-state index contributed by atoms with van der Waals surface area (Å²) < 4.78 is 0. The predicted molar refractivity (Wildman–Crippen MR) is 80.2 cm³/mol. The number of piperidine rings is 1. The molecule has 0 aromatic heterocycles. The first-order valence-electron chi connectivity index (χ1n) is 7.92. The SMILES string of the molecule is CC(CNC(=O)N1CCC(C)(C(=O)O)CC1)N1CCCC1. The van der Waals surface area contributed by atoms with Gasteiger partial charge < -0.3 is 15.3 Å². The number of carboxylic acids is 1. The van der Waals surface area contributed by atoms with Crippen molar-refractivity contribution in [2.45, 2.75) is 45.6 Å². The van der Waals surface area contributed by atoms with E-state index in [1.165, 1.54) is 12.8 Å². The summed E-state index contributed by atoms with van der Waals surface area (Å²) in [7, 11) is 0. The average Bonchev–Trinajstić information content (AvgIpc) is 2.99. The van der Waals surface area contributed by atoms with E-state index in [0.29, 0.717) is 38.5 Å². The van der Waals surface area contributed by atoms with E-state index in [0.717, 1.165) is 13.1 Å². The molecule has 2 rings (SSSR count). The quantitative estimate of drug-likeness (QED) is 0.822. The van der Waals surface area contributed by atoms with Gasteiger partial charge in [0.05, 0.1) is 5.41 Å². The first kappa shape index (κ1) is 16.1. The van der Waals surface area contributed by atoms with E-state index in [1.54, 1.807) is 11.8 Å². The van der Waals surface area contributed by atoms with Gasteiger partial charge in [0.25, 0.3) is 0 Å². The molecule has 2 saturated heterocycles. The Morgan fingerprint density at radius 1 is 1.19 bits per heavy atom. The summed E-state index contributed by atoms with van der Waals surface area (Å²) in [4.78, 5) is 27.5. The lowest BCUT2D eigenvalue weighted by Gasteiger charge is -2.36. The topological polar surface area (TPSA) is 72.9 Å². The number of carboxylic acid groups (broad SMARTS) is 1. The molecule has 21 heavy (non-hydrogen) atoms. The average molecular weight is 297 g/mol. The molecule has 0 aromatic carbocycles. The fourth-order valence-electron chi connectivity index (χ4n) is 3.08. The number of likely N-dealkylation sites (tertiary alicyclic amines) is 2. The second kappa shape index (κ2) is 6.64. The lowest BCUT2D eigenvalue weighted by atomic mass is 9.80. The normalized spacial score (nSPS) is 23.8. The first-order chi connectivity index (χ1) is 9.92. The first-order valence-corrected chi connectivity index (χ1v) is 7.92. The van der Waals surface area contributed by atoms with Crippen LogP contribution in [0.15, 0.2) is 0 Å². The Hall–Kier alpha value is -1.30. The predicted octanol–water partition coefficient (Wildman–Crippen LogP) is 1.37. The number of hydrogen-bond acceptors (Lipinski definition) is 3. The van der Waals surface area contributed by atoms with E-state index >= 15 is 0 Å². The third kappa shape index (κ3) is 3.87. The van der Waals surface area contributed by atoms with E-state index in [-0.39, 0.29) is 6.03 Å². The maximum absolute atomic E-state index is 12.1. The Kier molecular flexibility index (Phi) is 5.08. The molecule has 0 aromatic rings. The number of rotatable bonds is 4. The summed E-state index contributed by atoms with van der Waals surface area (Å²) in [5.74, 6) is -0.759. The number of hydrogen-bond donors (Lipinski definition) is 2. The van der Waals surface area contributed by atoms with Gasteiger partial charge in [0.1, 0.15) is 0 Å². The van der Waals surface area contributed by atoms with Gasteiger partial charge in [-0.3, -0.25) is 9.69 Å². The van der Waals surface area contributed by atoms with Gasteiger partial charge >= 0.3 is 12.0 Å². The Balaban J connectivity index is 1.73. The van der Waals surface area contributed by atoms with Crippen molar-refractivity contribution in [2.24, 2.45) is 5.41 Å². The molecule has 2 heterocycles. The summed E-state index contributed by atoms with van der Waals surface area (Å²) in [6.45, 7) is 7.85. The Labute approximate surface area is 126 Å². The van der Waals surface area contributed by atoms with Crippen molar-refractivity contribution in [3.8, 4) is 0 Å². The smallest absolute Gasteiger partial charge is 0.317 e. The molecule has 0 aliphatic carbocycles. The van der Waals surface area contributed by atoms with Crippen LogP contribution in [0.2, 0.25) is 0 Å². The number of nitrogens with zero attached hydrogens (tertiary/aromatic N) is 2. The molecule has 0 saturated carbocycles. The van der Waals surface area contributed by atoms with Crippen molar-refractivity contribution >= 4 is 12.0 Å². The van der Waals surface area contributed by atoms with Crippen LogP contribution in [-0.4, -0.2) is 65.7 Å². The highest BCUT2D eigenvalue weighted by atomic mass is 16.4. The minimum absolute atomic E-state index is 0.0616. The minimum atomic E-state index is -0.759. The van der Waals surface area contributed by atoms with Crippen molar-refractivity contribution in [3.63, 3.8) is 0 Å². The molecule has 0 radical (unpaired) electrons. The van der Waals surface area contributed by atoms with Gasteiger partial charge in [-0.15, -0.1) is 0 Å². The van der Waals surface area contributed by atoms with Crippen LogP contribution in [0, 0.1) is 5.41 Å². The van der Waals surface area contributed by atoms with Gasteiger partial charge in [0, 0.05) is 25.7 Å². The Morgan fingerprint density at radius 2 is 1.76 bits per heavy atom. The second-order valence-electron chi connectivity index (χ2n) is 6.63. The fourth-order valence-corrected chi connectivity index (χ4v) is 3.08. The summed E-state index contributed by atoms with van der Waals surface area (Å²) >= 11 is 0. The van der Waals surface area contributed by atoms with E-state index in [2.05, 4.69) is 17.1 Å². The fraction of sp³-hybridized carbons (Fsp3) is 0.867. The van der Waals surface area contributed by atoms with Gasteiger partial charge in [-0.25, -0.2) is 4.79 Å². The van der Waals surface area contributed by atoms with Crippen molar-refractivity contribution in [2.75, 3.05) is 32.7 Å². The van der Waals surface area contributed by atoms with Crippen molar-refractivity contribution in [1.82, 2.24) is 15.1 Å². The molecule has 6 nitrogen and oxygen atoms in total. The van der Waals surface area contributed by atoms with Gasteiger partial charge in [-0.05, 0) is 52.6 Å². The maximum Gasteiger partial charge on any atom is 0.317 e. The highest BCUT2D eigenvalue weighted by Gasteiger charge is 2.38. The van der Waals surface area contributed by atoms with Crippen LogP contribution in [0.25, 0.3) is 0 Å². The lowest BCUT2D eigenvalue weighted by Crippen LogP contribution is -2.50. The summed E-state index contributed by atoms with van der Waals surface area (Å²) in [6, 6.07) is 0.305. The highest BCUT2D eigenvalue weighted by Crippen LogP contribution is 2.30. The molecule has 2 N–H and O–H groups in total. The van der Waals surface area contributed by atoms with Crippen LogP contribution >= 0.6 is 0 Å². The number of urea groups is 1. The zero-order valence-electron chi connectivity index (χ0n) is 13.1. The zero-order chi connectivity index (χ0) is 15.5. The minimum Gasteiger partial charge on any atom is -0.481 e. The number of carbonyl (C=O) groups excluding carboxylic acids is 1. The molecule has 0 spiro atoms. The van der Waals surface area contributed by atoms with E-state index in [1.807, 2.05) is 0 Å². The molecule has 120 valence electrons. The van der Waals surface area contributed by atoms with E-state index in [4.69, 9.17) is 0 Å². The van der Waals surface area contributed by atoms with Crippen molar-refractivity contribution in [1.29, 1.82) is 0 Å². The summed E-state index contributed by atoms with van der Waals surface area (Å²) in [5.41, 5.74) is -0.681. The van der Waals surface area contributed by atoms with Crippen LogP contribution < -0.4 is 5.32 Å². The monoisotopic (exact) mass is 297 g/mol. The molecule has 6 heteroatoms. The highest BCUT2D eigenvalue weighted by molar-refractivity contribution is 5.77. The zero-order valence-corrected chi connectivity index (χ0v) is 13.1. The largest absolute Gasteiger partial charge is 0.481 e. The molecule has 2 aliphatic rings. The third-order valence-corrected chi connectivity index (χ3v) is 4.98. The second-order valence-corrected chi connectivity index (χ2v) is 6.63. The maximum atomic E-state index is 12.1. The number of carbonyl (C=O) groups is 2. The number of amides is 2. The van der Waals surface area contributed by atoms with Gasteiger partial charge in [0.15, 0.2) is 0 Å². The molecular weight excluding hydrogens is 270 g/mol. The number of nitrogens with one attached hydrogen (secondary N) is 1. The van der Waals surface area contributed by atoms with Crippen LogP contribution in [0.1, 0.15) is 39.5 Å². The summed E-state index contributed by atoms with van der Waals surface area (Å²) in [5, 5.41) is 12.2.